The summed E-state index contributed by atoms with van der Waals surface area (Å²) in [5, 5.41) is 9.13. The molecule has 0 N–H and O–H groups in total. The zero-order chi connectivity index (χ0) is 18.0. The van der Waals surface area contributed by atoms with E-state index in [0.717, 1.165) is 24.3 Å². The van der Waals surface area contributed by atoms with Gasteiger partial charge in [0.1, 0.15) is 0 Å². The molecule has 2 aliphatic heterocycles. The second-order valence-corrected chi connectivity index (χ2v) is 6.85. The van der Waals surface area contributed by atoms with Crippen LogP contribution < -0.4 is 9.64 Å². The standard InChI is InChI=1S/C19H23N3O3/c1-13(2)12-24-19(23)21-8-6-16(7-9-21)22-14(3)25-18-5-4-15(11-20)10-17(18)22/h4-5,10,13,16H,3,6-9,12H2,1-2H3. The summed E-state index contributed by atoms with van der Waals surface area (Å²) < 4.78 is 11.0. The number of nitriles is 1. The molecule has 0 saturated carbocycles. The highest BCUT2D eigenvalue weighted by Crippen LogP contribution is 2.42. The van der Waals surface area contributed by atoms with E-state index in [1.807, 2.05) is 24.8 Å². The molecule has 3 rings (SSSR count). The summed E-state index contributed by atoms with van der Waals surface area (Å²) >= 11 is 0. The van der Waals surface area contributed by atoms with Crippen molar-refractivity contribution in [1.82, 2.24) is 4.90 Å². The van der Waals surface area contributed by atoms with Crippen molar-refractivity contribution < 1.29 is 14.3 Å². The highest BCUT2D eigenvalue weighted by atomic mass is 16.6. The molecule has 0 atom stereocenters. The number of ether oxygens (including phenoxy) is 2. The lowest BCUT2D eigenvalue weighted by Gasteiger charge is -2.36. The first-order valence-electron chi connectivity index (χ1n) is 8.61. The van der Waals surface area contributed by atoms with Gasteiger partial charge in [0.15, 0.2) is 11.6 Å². The Hall–Kier alpha value is -2.68. The van der Waals surface area contributed by atoms with Gasteiger partial charge in [-0.25, -0.2) is 4.79 Å². The van der Waals surface area contributed by atoms with Gasteiger partial charge in [-0.15, -0.1) is 0 Å². The number of fused-ring (bicyclic) bond motifs is 1. The fourth-order valence-electron chi connectivity index (χ4n) is 3.21. The van der Waals surface area contributed by atoms with E-state index in [4.69, 9.17) is 14.7 Å². The van der Waals surface area contributed by atoms with Crippen LogP contribution in [0.15, 0.2) is 30.7 Å². The van der Waals surface area contributed by atoms with E-state index in [-0.39, 0.29) is 12.1 Å². The Bertz CT molecular complexity index is 715. The van der Waals surface area contributed by atoms with Crippen LogP contribution in [0.25, 0.3) is 0 Å². The van der Waals surface area contributed by atoms with Gasteiger partial charge in [-0.1, -0.05) is 13.8 Å². The molecule has 0 spiro atoms. The van der Waals surface area contributed by atoms with Gasteiger partial charge in [0.05, 0.1) is 23.9 Å². The topological polar surface area (TPSA) is 65.8 Å². The minimum Gasteiger partial charge on any atom is -0.449 e. The lowest BCUT2D eigenvalue weighted by Crippen LogP contribution is -2.46. The summed E-state index contributed by atoms with van der Waals surface area (Å²) in [6, 6.07) is 7.72. The van der Waals surface area contributed by atoms with Crippen LogP contribution in [0.5, 0.6) is 5.75 Å². The van der Waals surface area contributed by atoms with Gasteiger partial charge in [0.25, 0.3) is 0 Å². The van der Waals surface area contributed by atoms with Crippen molar-refractivity contribution in [3.63, 3.8) is 0 Å². The zero-order valence-corrected chi connectivity index (χ0v) is 14.7. The summed E-state index contributed by atoms with van der Waals surface area (Å²) in [6.45, 7) is 9.76. The second kappa shape index (κ2) is 7.06. The van der Waals surface area contributed by atoms with E-state index in [0.29, 0.717) is 37.1 Å². The maximum absolute atomic E-state index is 12.1. The van der Waals surface area contributed by atoms with Gasteiger partial charge in [0.2, 0.25) is 0 Å². The average Bonchev–Trinajstić information content (AvgIpc) is 2.94. The van der Waals surface area contributed by atoms with Gasteiger partial charge >= 0.3 is 6.09 Å². The number of hydrogen-bond acceptors (Lipinski definition) is 5. The number of carbonyl (C=O) groups is 1. The van der Waals surface area contributed by atoms with Crippen LogP contribution in [0.4, 0.5) is 10.5 Å². The van der Waals surface area contributed by atoms with Crippen LogP contribution in [0, 0.1) is 17.2 Å². The Morgan fingerprint density at radius 3 is 2.80 bits per heavy atom. The molecule has 2 aliphatic rings. The van der Waals surface area contributed by atoms with Crippen LogP contribution in [-0.4, -0.2) is 36.7 Å². The third-order valence-corrected chi connectivity index (χ3v) is 4.47. The molecule has 132 valence electrons. The monoisotopic (exact) mass is 341 g/mol. The van der Waals surface area contributed by atoms with E-state index in [1.54, 1.807) is 17.0 Å². The first-order chi connectivity index (χ1) is 12.0. The Labute approximate surface area is 148 Å². The highest BCUT2D eigenvalue weighted by molar-refractivity contribution is 5.70. The fraction of sp³-hybridized carbons (Fsp3) is 0.474. The number of likely N-dealkylation sites (tertiary alicyclic amines) is 1. The average molecular weight is 341 g/mol. The zero-order valence-electron chi connectivity index (χ0n) is 14.7. The number of hydrogen-bond donors (Lipinski definition) is 0. The Balaban J connectivity index is 1.65. The highest BCUT2D eigenvalue weighted by Gasteiger charge is 2.34. The van der Waals surface area contributed by atoms with Crippen molar-refractivity contribution in [3.8, 4) is 11.8 Å². The number of carbonyl (C=O) groups excluding carboxylic acids is 1. The number of anilines is 1. The van der Waals surface area contributed by atoms with Crippen molar-refractivity contribution in [1.29, 1.82) is 5.26 Å². The van der Waals surface area contributed by atoms with E-state index in [2.05, 4.69) is 12.6 Å². The van der Waals surface area contributed by atoms with Gasteiger partial charge in [-0.3, -0.25) is 0 Å². The molecule has 0 bridgehead atoms. The second-order valence-electron chi connectivity index (χ2n) is 6.85. The molecule has 0 aromatic heterocycles. The van der Waals surface area contributed by atoms with Crippen LogP contribution >= 0.6 is 0 Å². The molecule has 6 nitrogen and oxygen atoms in total. The predicted molar refractivity (Wildman–Crippen MR) is 94.2 cm³/mol. The predicted octanol–water partition coefficient (Wildman–Crippen LogP) is 3.49. The minimum atomic E-state index is -0.240. The molecular formula is C19H23N3O3. The van der Waals surface area contributed by atoms with E-state index >= 15 is 0 Å². The third-order valence-electron chi connectivity index (χ3n) is 4.47. The molecular weight excluding hydrogens is 318 g/mol. The summed E-state index contributed by atoms with van der Waals surface area (Å²) in [5.41, 5.74) is 1.47. The maximum Gasteiger partial charge on any atom is 0.409 e. The number of benzene rings is 1. The van der Waals surface area contributed by atoms with E-state index in [9.17, 15) is 4.79 Å². The number of rotatable bonds is 3. The number of amides is 1. The fourth-order valence-corrected chi connectivity index (χ4v) is 3.21. The van der Waals surface area contributed by atoms with E-state index in [1.165, 1.54) is 0 Å². The summed E-state index contributed by atoms with van der Waals surface area (Å²) in [4.78, 5) is 15.9. The Kier molecular flexibility index (Phi) is 4.84. The molecule has 6 heteroatoms. The SMILES string of the molecule is C=C1Oc2ccc(C#N)cc2N1C1CCN(C(=O)OCC(C)C)CC1. The van der Waals surface area contributed by atoms with Gasteiger partial charge in [0, 0.05) is 19.1 Å². The quantitative estimate of drug-likeness (QED) is 0.842. The first kappa shape index (κ1) is 17.2. The van der Waals surface area contributed by atoms with Crippen LogP contribution in [-0.2, 0) is 4.74 Å². The van der Waals surface area contributed by atoms with E-state index < -0.39 is 0 Å². The molecule has 1 aromatic rings. The third kappa shape index (κ3) is 3.55. The Morgan fingerprint density at radius 2 is 2.16 bits per heavy atom. The number of piperidine rings is 1. The molecule has 0 aliphatic carbocycles. The number of nitrogens with zero attached hydrogens (tertiary/aromatic N) is 3. The lowest BCUT2D eigenvalue weighted by atomic mass is 10.0. The molecule has 0 unspecified atom stereocenters. The summed E-state index contributed by atoms with van der Waals surface area (Å²) in [5.74, 6) is 1.63. The molecule has 25 heavy (non-hydrogen) atoms. The molecule has 2 heterocycles. The summed E-state index contributed by atoms with van der Waals surface area (Å²) in [6.07, 6.45) is 1.36. The minimum absolute atomic E-state index is 0.192. The normalized spacial score (nSPS) is 17.3. The van der Waals surface area contributed by atoms with Gasteiger partial charge in [-0.2, -0.15) is 5.26 Å². The van der Waals surface area contributed by atoms with Crippen molar-refractivity contribution in [2.75, 3.05) is 24.6 Å². The molecule has 1 aromatic carbocycles. The van der Waals surface area contributed by atoms with Gasteiger partial charge in [-0.05, 0) is 43.5 Å². The van der Waals surface area contributed by atoms with Crippen molar-refractivity contribution in [3.05, 3.63) is 36.2 Å². The van der Waals surface area contributed by atoms with Crippen molar-refractivity contribution >= 4 is 11.8 Å². The molecule has 0 radical (unpaired) electrons. The van der Waals surface area contributed by atoms with Crippen LogP contribution in [0.1, 0.15) is 32.3 Å². The Morgan fingerprint density at radius 1 is 1.44 bits per heavy atom. The maximum atomic E-state index is 12.1. The van der Waals surface area contributed by atoms with Crippen LogP contribution in [0.2, 0.25) is 0 Å². The largest absolute Gasteiger partial charge is 0.449 e. The van der Waals surface area contributed by atoms with Crippen molar-refractivity contribution in [2.24, 2.45) is 5.92 Å². The van der Waals surface area contributed by atoms with Crippen LogP contribution in [0.3, 0.4) is 0 Å². The van der Waals surface area contributed by atoms with Gasteiger partial charge < -0.3 is 19.3 Å². The first-order valence-corrected chi connectivity index (χ1v) is 8.61. The molecule has 1 amide bonds. The molecule has 1 fully saturated rings. The molecule has 1 saturated heterocycles. The van der Waals surface area contributed by atoms with Crippen molar-refractivity contribution in [2.45, 2.75) is 32.7 Å². The smallest absolute Gasteiger partial charge is 0.409 e. The summed E-state index contributed by atoms with van der Waals surface area (Å²) in [7, 11) is 0. The lowest BCUT2D eigenvalue weighted by molar-refractivity contribution is 0.0834.